The molecule has 0 saturated carbocycles. The van der Waals surface area contributed by atoms with Gasteiger partial charge in [0.25, 0.3) is 0 Å². The summed E-state index contributed by atoms with van der Waals surface area (Å²) in [5.41, 5.74) is 1.80. The second kappa shape index (κ2) is 11.3. The summed E-state index contributed by atoms with van der Waals surface area (Å²) in [4.78, 5) is 15.6. The van der Waals surface area contributed by atoms with E-state index in [0.717, 1.165) is 24.9 Å². The van der Waals surface area contributed by atoms with Crippen molar-refractivity contribution in [3.8, 4) is 11.5 Å². The van der Waals surface area contributed by atoms with Crippen LogP contribution in [0.2, 0.25) is 0 Å². The number of halogens is 3. The van der Waals surface area contributed by atoms with Crippen LogP contribution in [-0.4, -0.2) is 125 Å². The molecule has 6 aliphatic rings. The molecule has 4 aliphatic heterocycles. The summed E-state index contributed by atoms with van der Waals surface area (Å²) in [6, 6.07) is 3.95. The number of likely N-dealkylation sites (tertiary alicyclic amines) is 1. The van der Waals surface area contributed by atoms with Gasteiger partial charge in [0.05, 0.1) is 0 Å². The number of carboxylic acids is 1. The van der Waals surface area contributed by atoms with Crippen LogP contribution in [0.25, 0.3) is 0 Å². The summed E-state index contributed by atoms with van der Waals surface area (Å²) in [7, 11) is 2.14. The maximum absolute atomic E-state index is 10.9. The number of fused-ring (bicyclic) bond motifs is 1. The van der Waals surface area contributed by atoms with Crippen molar-refractivity contribution >= 4 is 11.9 Å². The maximum Gasteiger partial charge on any atom is 0.490 e. The molecule has 5 heterocycles. The first-order valence-electron chi connectivity index (χ1n) is 15.2. The number of piperidine rings is 1. The number of aryl methyl sites for hydroxylation is 1. The van der Waals surface area contributed by atoms with Gasteiger partial charge in [0.15, 0.2) is 29.7 Å². The molecule has 0 amide bonds. The van der Waals surface area contributed by atoms with E-state index in [1.807, 2.05) is 12.1 Å². The van der Waals surface area contributed by atoms with E-state index in [1.165, 1.54) is 5.56 Å². The number of nitrogens with one attached hydrogen (secondary N) is 1. The third kappa shape index (κ3) is 5.04. The van der Waals surface area contributed by atoms with E-state index in [-0.39, 0.29) is 23.5 Å². The van der Waals surface area contributed by atoms with Gasteiger partial charge >= 0.3 is 12.1 Å². The highest BCUT2D eigenvalue weighted by atomic mass is 19.4. The lowest BCUT2D eigenvalue weighted by molar-refractivity contribution is -0.314. The van der Waals surface area contributed by atoms with Gasteiger partial charge in [-0.3, -0.25) is 0 Å². The number of hydrogen-bond acceptors (Lipinski definition) is 13. The quantitative estimate of drug-likeness (QED) is 0.210. The fourth-order valence-corrected chi connectivity index (χ4v) is 7.87. The number of hydrogen-bond donors (Lipinski definition) is 7. The van der Waals surface area contributed by atoms with Crippen LogP contribution in [0.5, 0.6) is 11.5 Å². The van der Waals surface area contributed by atoms with Crippen molar-refractivity contribution < 1.29 is 62.8 Å². The number of nitrogens with zero attached hydrogens (tertiary/aromatic N) is 4. The number of aliphatic hydroxyl groups is 4. The Morgan fingerprint density at radius 1 is 1.13 bits per heavy atom. The van der Waals surface area contributed by atoms with Crippen molar-refractivity contribution in [3.63, 3.8) is 0 Å². The molecule has 0 radical (unpaired) electrons. The molecule has 2 unspecified atom stereocenters. The van der Waals surface area contributed by atoms with Crippen LogP contribution in [0, 0.1) is 5.92 Å². The van der Waals surface area contributed by atoms with Gasteiger partial charge in [-0.2, -0.15) is 23.3 Å². The lowest BCUT2D eigenvalue weighted by atomic mass is 9.53. The summed E-state index contributed by atoms with van der Waals surface area (Å²) in [6.45, 7) is 1.29. The largest absolute Gasteiger partial charge is 0.504 e. The smallest absolute Gasteiger partial charge is 0.490 e. The van der Waals surface area contributed by atoms with Crippen LogP contribution in [0.15, 0.2) is 24.3 Å². The molecule has 2 saturated heterocycles. The van der Waals surface area contributed by atoms with Crippen LogP contribution < -0.4 is 10.1 Å². The van der Waals surface area contributed by atoms with Gasteiger partial charge in [0.1, 0.15) is 36.7 Å². The summed E-state index contributed by atoms with van der Waals surface area (Å²) >= 11 is 0. The molecule has 15 nitrogen and oxygen atoms in total. The zero-order chi connectivity index (χ0) is 33.6. The number of aliphatic carboxylic acids is 1. The molecule has 1 spiro atoms. The minimum absolute atomic E-state index is 0.0958. The van der Waals surface area contributed by atoms with E-state index < -0.39 is 66.7 Å². The molecule has 2 aliphatic carbocycles. The predicted molar refractivity (Wildman–Crippen MR) is 150 cm³/mol. The summed E-state index contributed by atoms with van der Waals surface area (Å²) in [5, 5.41) is 67.5. The Morgan fingerprint density at radius 2 is 1.87 bits per heavy atom. The van der Waals surface area contributed by atoms with Crippen LogP contribution in [-0.2, 0) is 32.6 Å². The fourth-order valence-electron chi connectivity index (χ4n) is 7.87. The number of aromatic hydroxyl groups is 1. The number of aromatic nitrogens is 3. The minimum Gasteiger partial charge on any atom is -0.504 e. The molecule has 2 aromatic rings. The number of carboxylic acid groups (broad SMARTS) is 1. The topological polar surface area (TPSA) is 212 Å². The van der Waals surface area contributed by atoms with Crippen LogP contribution in [0.3, 0.4) is 0 Å². The Kier molecular flexibility index (Phi) is 7.69. The zero-order valence-electron chi connectivity index (χ0n) is 24.9. The van der Waals surface area contributed by atoms with E-state index in [0.29, 0.717) is 24.7 Å². The number of benzene rings is 1. The lowest BCUT2D eigenvalue weighted by Crippen LogP contribution is -2.66. The van der Waals surface area contributed by atoms with Crippen molar-refractivity contribution in [2.75, 3.05) is 18.9 Å². The van der Waals surface area contributed by atoms with Crippen LogP contribution in [0.1, 0.15) is 35.9 Å². The summed E-state index contributed by atoms with van der Waals surface area (Å²) < 4.78 is 52.2. The van der Waals surface area contributed by atoms with Gasteiger partial charge in [-0.15, -0.1) is 0 Å². The fraction of sp³-hybridized carbons (Fsp3) is 0.621. The number of alkyl halides is 3. The standard InChI is InChI=1S/C27H33N5O8.C2HF3O2/c1-31-9-7-27-12-3-5-15(23(27)39-21-14(33)4-2-11(17(21)27)10-13(12)31)38-25-20(37)18(35)19(36)22(40-25)24-29-26-28-16(34)6-8-32(26)30-24;3-2(4,5)1(6)7/h2-5,12-13,15-16,18-20,22-23,25,33-37H,6-10H2,1H3,(H,28,29,30);(H,6,7)/t12?,13-,15+,16?,18+,19+,20-,22+,23+,25-,27+;/m1./s1. The molecular weight excluding hydrogens is 635 g/mol. The Labute approximate surface area is 264 Å². The van der Waals surface area contributed by atoms with Crippen molar-refractivity contribution in [3.05, 3.63) is 41.2 Å². The van der Waals surface area contributed by atoms with Crippen molar-refractivity contribution in [1.82, 2.24) is 19.7 Å². The number of aliphatic hydroxyl groups excluding tert-OH is 4. The van der Waals surface area contributed by atoms with Crippen molar-refractivity contribution in [2.24, 2.45) is 5.92 Å². The molecule has 2 bridgehead atoms. The normalized spacial score (nSPS) is 38.3. The first kappa shape index (κ1) is 32.0. The Bertz CT molecular complexity index is 1590. The molecule has 18 heteroatoms. The predicted octanol–water partition coefficient (Wildman–Crippen LogP) is -0.238. The first-order chi connectivity index (χ1) is 22.2. The van der Waals surface area contributed by atoms with E-state index >= 15 is 0 Å². The maximum atomic E-state index is 10.9. The summed E-state index contributed by atoms with van der Waals surface area (Å²) in [5.74, 6) is -1.58. The second-order valence-corrected chi connectivity index (χ2v) is 12.7. The van der Waals surface area contributed by atoms with Crippen molar-refractivity contribution in [2.45, 2.75) is 92.6 Å². The number of carbonyl (C=O) groups is 1. The zero-order valence-corrected chi connectivity index (χ0v) is 24.9. The van der Waals surface area contributed by atoms with Gasteiger partial charge in [-0.1, -0.05) is 18.2 Å². The van der Waals surface area contributed by atoms with E-state index in [2.05, 4.69) is 33.4 Å². The third-order valence-corrected chi connectivity index (χ3v) is 10.1. The monoisotopic (exact) mass is 669 g/mol. The molecular formula is C29H34F3N5O10. The number of anilines is 1. The average molecular weight is 670 g/mol. The molecule has 256 valence electrons. The van der Waals surface area contributed by atoms with Gasteiger partial charge in [-0.05, 0) is 38.1 Å². The summed E-state index contributed by atoms with van der Waals surface area (Å²) in [6.07, 6.45) is -7.94. The van der Waals surface area contributed by atoms with Gasteiger partial charge in [0, 0.05) is 35.9 Å². The molecule has 2 fully saturated rings. The first-order valence-corrected chi connectivity index (χ1v) is 15.2. The Balaban J connectivity index is 0.000000455. The van der Waals surface area contributed by atoms with E-state index in [4.69, 9.17) is 24.1 Å². The highest BCUT2D eigenvalue weighted by Gasteiger charge is 2.65. The molecule has 11 atom stereocenters. The number of phenolic OH excluding ortho intramolecular Hbond substituents is 1. The minimum atomic E-state index is -5.08. The Morgan fingerprint density at radius 3 is 2.60 bits per heavy atom. The lowest BCUT2D eigenvalue weighted by Gasteiger charge is -2.57. The Hall–Kier alpha value is -3.52. The van der Waals surface area contributed by atoms with E-state index in [1.54, 1.807) is 10.7 Å². The molecule has 1 aromatic carbocycles. The number of likely N-dealkylation sites (N-methyl/N-ethyl adjacent to an activating group) is 1. The number of ether oxygens (including phenoxy) is 3. The highest BCUT2D eigenvalue weighted by Crippen LogP contribution is 2.62. The number of rotatable bonds is 3. The van der Waals surface area contributed by atoms with Gasteiger partial charge in [-0.25, -0.2) is 9.48 Å². The van der Waals surface area contributed by atoms with Crippen LogP contribution >= 0.6 is 0 Å². The van der Waals surface area contributed by atoms with Crippen LogP contribution in [0.4, 0.5) is 19.1 Å². The van der Waals surface area contributed by atoms with Gasteiger partial charge in [0.2, 0.25) is 5.95 Å². The molecule has 7 N–H and O–H groups in total. The second-order valence-electron chi connectivity index (χ2n) is 12.7. The number of phenols is 1. The molecule has 47 heavy (non-hydrogen) atoms. The SMILES string of the molecule is CN1CC[C@]23c4c5ccc(O)c4O[C@H]2[C@@H](O[C@@H]2O[C@H](c4nc6n(n4)CCC(O)N6)[C@@H](O)[C@H](O)[C@H]2O)C=CC3[C@H]1C5.O=C(O)C(F)(F)F. The van der Waals surface area contributed by atoms with Crippen molar-refractivity contribution in [1.29, 1.82) is 0 Å². The molecule has 8 rings (SSSR count). The highest BCUT2D eigenvalue weighted by molar-refractivity contribution is 5.73. The third-order valence-electron chi connectivity index (χ3n) is 10.1. The van der Waals surface area contributed by atoms with E-state index in [9.17, 15) is 38.7 Å². The average Bonchev–Trinajstić information content (AvgIpc) is 3.60. The van der Waals surface area contributed by atoms with Gasteiger partial charge < -0.3 is 55.1 Å². The molecule has 1 aromatic heterocycles.